The summed E-state index contributed by atoms with van der Waals surface area (Å²) in [6.07, 6.45) is 0. The van der Waals surface area contributed by atoms with Crippen molar-refractivity contribution < 1.29 is 8.81 Å². The van der Waals surface area contributed by atoms with Gasteiger partial charge in [0.2, 0.25) is 5.89 Å². The second-order valence-corrected chi connectivity index (χ2v) is 5.62. The van der Waals surface area contributed by atoms with E-state index >= 15 is 0 Å². The summed E-state index contributed by atoms with van der Waals surface area (Å²) in [5, 5.41) is 11.2. The number of nitrogens with zero attached hydrogens (tertiary/aromatic N) is 3. The highest BCUT2D eigenvalue weighted by molar-refractivity contribution is 5.54. The number of nitrogens with one attached hydrogen (secondary N) is 1. The third kappa shape index (κ3) is 3.77. The van der Waals surface area contributed by atoms with Crippen LogP contribution >= 0.6 is 0 Å². The van der Waals surface area contributed by atoms with E-state index in [9.17, 15) is 4.39 Å². The van der Waals surface area contributed by atoms with Crippen LogP contribution in [0, 0.1) is 5.82 Å². The molecule has 2 aromatic rings. The van der Waals surface area contributed by atoms with Crippen LogP contribution < -0.4 is 10.2 Å². The Morgan fingerprint density at radius 3 is 2.70 bits per heavy atom. The quantitative estimate of drug-likeness (QED) is 0.932. The van der Waals surface area contributed by atoms with Gasteiger partial charge in [-0.15, -0.1) is 5.10 Å². The monoisotopic (exact) mass is 278 g/mol. The Labute approximate surface area is 117 Å². The van der Waals surface area contributed by atoms with E-state index in [2.05, 4.69) is 36.3 Å². The zero-order chi connectivity index (χ0) is 14.8. The van der Waals surface area contributed by atoms with E-state index in [1.807, 2.05) is 0 Å². The van der Waals surface area contributed by atoms with Crippen molar-refractivity contribution in [2.45, 2.75) is 32.9 Å². The van der Waals surface area contributed by atoms with Crippen LogP contribution in [-0.2, 0) is 6.54 Å². The van der Waals surface area contributed by atoms with Gasteiger partial charge in [0.05, 0.1) is 6.54 Å². The lowest BCUT2D eigenvalue weighted by molar-refractivity contribution is 0.382. The molecular formula is C14H19FN4O. The number of benzene rings is 1. The van der Waals surface area contributed by atoms with Crippen LogP contribution in [0.5, 0.6) is 0 Å². The fourth-order valence-electron chi connectivity index (χ4n) is 1.59. The van der Waals surface area contributed by atoms with E-state index in [-0.39, 0.29) is 11.4 Å². The number of halogens is 1. The number of aromatic nitrogens is 2. The van der Waals surface area contributed by atoms with E-state index < -0.39 is 0 Å². The minimum atomic E-state index is -0.302. The first-order valence-electron chi connectivity index (χ1n) is 6.42. The Kier molecular flexibility index (Phi) is 4.04. The SMILES string of the molecule is CN(c1cccc(F)c1)c1nnc(CNC(C)(C)C)o1. The summed E-state index contributed by atoms with van der Waals surface area (Å²) in [7, 11) is 1.75. The fraction of sp³-hybridized carbons (Fsp3) is 0.429. The summed E-state index contributed by atoms with van der Waals surface area (Å²) < 4.78 is 18.8. The molecule has 6 heteroatoms. The van der Waals surface area contributed by atoms with Gasteiger partial charge in [-0.2, -0.15) is 0 Å². The summed E-state index contributed by atoms with van der Waals surface area (Å²) >= 11 is 0. The molecule has 0 bridgehead atoms. The predicted octanol–water partition coefficient (Wildman–Crippen LogP) is 2.86. The predicted molar refractivity (Wildman–Crippen MR) is 75.4 cm³/mol. The van der Waals surface area contributed by atoms with Gasteiger partial charge in [0.1, 0.15) is 5.82 Å². The highest BCUT2D eigenvalue weighted by atomic mass is 19.1. The van der Waals surface area contributed by atoms with Crippen LogP contribution in [0.2, 0.25) is 0 Å². The fourth-order valence-corrected chi connectivity index (χ4v) is 1.59. The lowest BCUT2D eigenvalue weighted by Crippen LogP contribution is -2.35. The minimum absolute atomic E-state index is 0.0247. The van der Waals surface area contributed by atoms with Gasteiger partial charge in [0.15, 0.2) is 0 Å². The average Bonchev–Trinajstić information content (AvgIpc) is 2.83. The van der Waals surface area contributed by atoms with Gasteiger partial charge in [-0.25, -0.2) is 4.39 Å². The molecule has 0 radical (unpaired) electrons. The normalized spacial score (nSPS) is 11.7. The van der Waals surface area contributed by atoms with Crippen molar-refractivity contribution in [2.24, 2.45) is 0 Å². The number of hydrogen-bond acceptors (Lipinski definition) is 5. The third-order valence-corrected chi connectivity index (χ3v) is 2.71. The summed E-state index contributed by atoms with van der Waals surface area (Å²) in [4.78, 5) is 1.65. The van der Waals surface area contributed by atoms with Gasteiger partial charge < -0.3 is 9.73 Å². The summed E-state index contributed by atoms with van der Waals surface area (Å²) in [5.74, 6) is 0.196. The summed E-state index contributed by atoms with van der Waals surface area (Å²) in [6.45, 7) is 6.67. The molecule has 108 valence electrons. The first kappa shape index (κ1) is 14.5. The number of anilines is 2. The molecule has 0 spiro atoms. The Hall–Kier alpha value is -1.95. The Morgan fingerprint density at radius 1 is 1.30 bits per heavy atom. The van der Waals surface area contributed by atoms with Gasteiger partial charge in [0, 0.05) is 18.3 Å². The van der Waals surface area contributed by atoms with E-state index in [4.69, 9.17) is 4.42 Å². The topological polar surface area (TPSA) is 54.2 Å². The van der Waals surface area contributed by atoms with Crippen molar-refractivity contribution in [3.05, 3.63) is 36.0 Å². The zero-order valence-electron chi connectivity index (χ0n) is 12.1. The molecule has 0 unspecified atom stereocenters. The maximum Gasteiger partial charge on any atom is 0.322 e. The maximum atomic E-state index is 13.2. The molecule has 1 aromatic carbocycles. The van der Waals surface area contributed by atoms with Crippen LogP contribution in [0.25, 0.3) is 0 Å². The van der Waals surface area contributed by atoms with Crippen molar-refractivity contribution in [1.29, 1.82) is 0 Å². The molecule has 1 N–H and O–H groups in total. The van der Waals surface area contributed by atoms with Crippen molar-refractivity contribution >= 4 is 11.7 Å². The average molecular weight is 278 g/mol. The molecule has 0 fully saturated rings. The lowest BCUT2D eigenvalue weighted by atomic mass is 10.1. The number of hydrogen-bond donors (Lipinski definition) is 1. The standard InChI is InChI=1S/C14H19FN4O/c1-14(2,3)16-9-12-17-18-13(20-12)19(4)11-7-5-6-10(15)8-11/h5-8,16H,9H2,1-4H3. The summed E-state index contributed by atoms with van der Waals surface area (Å²) in [5.41, 5.74) is 0.632. The van der Waals surface area contributed by atoms with Crippen molar-refractivity contribution in [3.63, 3.8) is 0 Å². The van der Waals surface area contributed by atoms with Gasteiger partial charge in [-0.3, -0.25) is 4.90 Å². The maximum absolute atomic E-state index is 13.2. The van der Waals surface area contributed by atoms with E-state index in [0.717, 1.165) is 0 Å². The van der Waals surface area contributed by atoms with Crippen molar-refractivity contribution in [3.8, 4) is 0 Å². The highest BCUT2D eigenvalue weighted by Crippen LogP contribution is 2.22. The Balaban J connectivity index is 2.08. The molecule has 1 heterocycles. The third-order valence-electron chi connectivity index (χ3n) is 2.71. The molecule has 1 aromatic heterocycles. The lowest BCUT2D eigenvalue weighted by Gasteiger charge is -2.18. The molecule has 0 aliphatic heterocycles. The minimum Gasteiger partial charge on any atom is -0.406 e. The second-order valence-electron chi connectivity index (χ2n) is 5.62. The van der Waals surface area contributed by atoms with Gasteiger partial charge >= 0.3 is 6.01 Å². The van der Waals surface area contributed by atoms with Gasteiger partial charge in [-0.1, -0.05) is 11.2 Å². The van der Waals surface area contributed by atoms with E-state index in [1.165, 1.54) is 12.1 Å². The number of rotatable bonds is 4. The molecule has 0 aliphatic carbocycles. The molecule has 20 heavy (non-hydrogen) atoms. The van der Waals surface area contributed by atoms with Gasteiger partial charge in [0.25, 0.3) is 0 Å². The van der Waals surface area contributed by atoms with Crippen LogP contribution in [0.1, 0.15) is 26.7 Å². The highest BCUT2D eigenvalue weighted by Gasteiger charge is 2.15. The van der Waals surface area contributed by atoms with Gasteiger partial charge in [-0.05, 0) is 39.0 Å². The first-order chi connectivity index (χ1) is 9.35. The second kappa shape index (κ2) is 5.58. The zero-order valence-corrected chi connectivity index (χ0v) is 12.1. The van der Waals surface area contributed by atoms with E-state index in [0.29, 0.717) is 24.1 Å². The van der Waals surface area contributed by atoms with Crippen molar-refractivity contribution in [1.82, 2.24) is 15.5 Å². The molecule has 0 saturated heterocycles. The molecule has 0 atom stereocenters. The van der Waals surface area contributed by atoms with Crippen molar-refractivity contribution in [2.75, 3.05) is 11.9 Å². The molecule has 5 nitrogen and oxygen atoms in total. The Bertz CT molecular complexity index is 577. The molecule has 0 aliphatic rings. The largest absolute Gasteiger partial charge is 0.406 e. The molecular weight excluding hydrogens is 259 g/mol. The van der Waals surface area contributed by atoms with Crippen LogP contribution in [0.3, 0.4) is 0 Å². The molecule has 0 amide bonds. The first-order valence-corrected chi connectivity index (χ1v) is 6.42. The van der Waals surface area contributed by atoms with Crippen LogP contribution in [0.4, 0.5) is 16.1 Å². The summed E-state index contributed by atoms with van der Waals surface area (Å²) in [6, 6.07) is 6.56. The van der Waals surface area contributed by atoms with E-state index in [1.54, 1.807) is 24.1 Å². The van der Waals surface area contributed by atoms with Crippen LogP contribution in [-0.4, -0.2) is 22.8 Å². The Morgan fingerprint density at radius 2 is 2.05 bits per heavy atom. The molecule has 0 saturated carbocycles. The molecule has 2 rings (SSSR count). The van der Waals surface area contributed by atoms with Crippen LogP contribution in [0.15, 0.2) is 28.7 Å². The smallest absolute Gasteiger partial charge is 0.322 e.